The minimum atomic E-state index is -0.783. The van der Waals surface area contributed by atoms with Crippen LogP contribution in [0.1, 0.15) is 22.7 Å². The molecular weight excluding hydrogens is 426 g/mol. The van der Waals surface area contributed by atoms with Gasteiger partial charge in [0.1, 0.15) is 11.5 Å². The number of aliphatic hydroxyl groups is 1. The van der Waals surface area contributed by atoms with Crippen LogP contribution in [0.5, 0.6) is 5.75 Å². The molecule has 1 amide bonds. The number of methoxy groups -OCH3 is 1. The zero-order valence-electron chi connectivity index (χ0n) is 17.5. The molecule has 0 bridgehead atoms. The van der Waals surface area contributed by atoms with Crippen LogP contribution in [0.15, 0.2) is 84.4 Å². The molecule has 0 radical (unpaired) electrons. The lowest BCUT2D eigenvalue weighted by atomic mass is 9.95. The first kappa shape index (κ1) is 21.7. The third-order valence-electron chi connectivity index (χ3n) is 5.59. The Labute approximate surface area is 191 Å². The molecule has 162 valence electrons. The van der Waals surface area contributed by atoms with Crippen molar-refractivity contribution in [1.29, 1.82) is 0 Å². The van der Waals surface area contributed by atoms with Gasteiger partial charge in [-0.25, -0.2) is 0 Å². The Morgan fingerprint density at radius 1 is 0.969 bits per heavy atom. The first-order chi connectivity index (χ1) is 15.5. The van der Waals surface area contributed by atoms with Gasteiger partial charge in [-0.2, -0.15) is 0 Å². The second kappa shape index (κ2) is 9.28. The average Bonchev–Trinajstić information content (AvgIpc) is 3.08. The lowest BCUT2D eigenvalue weighted by Gasteiger charge is -2.26. The van der Waals surface area contributed by atoms with Crippen molar-refractivity contribution >= 4 is 29.1 Å². The summed E-state index contributed by atoms with van der Waals surface area (Å²) >= 11 is 6.47. The summed E-state index contributed by atoms with van der Waals surface area (Å²) in [6, 6.07) is 22.7. The zero-order chi connectivity index (χ0) is 22.7. The highest BCUT2D eigenvalue weighted by Crippen LogP contribution is 2.41. The molecule has 1 unspecified atom stereocenters. The smallest absolute Gasteiger partial charge is 0.295 e. The van der Waals surface area contributed by atoms with Gasteiger partial charge in [-0.05, 0) is 47.9 Å². The highest BCUT2D eigenvalue weighted by molar-refractivity contribution is 6.47. The summed E-state index contributed by atoms with van der Waals surface area (Å²) in [5, 5.41) is 11.5. The van der Waals surface area contributed by atoms with Crippen molar-refractivity contribution in [3.8, 4) is 5.75 Å². The van der Waals surface area contributed by atoms with E-state index in [2.05, 4.69) is 0 Å². The van der Waals surface area contributed by atoms with Crippen molar-refractivity contribution in [3.63, 3.8) is 0 Å². The molecule has 1 aliphatic heterocycles. The van der Waals surface area contributed by atoms with E-state index in [0.717, 1.165) is 5.56 Å². The second-order valence-corrected chi connectivity index (χ2v) is 7.89. The number of amides is 1. The van der Waals surface area contributed by atoms with Crippen molar-refractivity contribution in [2.75, 3.05) is 13.7 Å². The predicted octanol–water partition coefficient (Wildman–Crippen LogP) is 5.01. The summed E-state index contributed by atoms with van der Waals surface area (Å²) in [5.41, 5.74) is 2.09. The number of ether oxygens (including phenoxy) is 1. The molecule has 1 aliphatic rings. The van der Waals surface area contributed by atoms with Gasteiger partial charge in [0, 0.05) is 17.1 Å². The van der Waals surface area contributed by atoms with Crippen molar-refractivity contribution in [1.82, 2.24) is 4.90 Å². The number of nitrogens with zero attached hydrogens (tertiary/aromatic N) is 1. The van der Waals surface area contributed by atoms with Crippen molar-refractivity contribution in [3.05, 3.63) is 106 Å². The van der Waals surface area contributed by atoms with Gasteiger partial charge in [0.05, 0.1) is 18.7 Å². The Morgan fingerprint density at radius 3 is 2.28 bits per heavy atom. The number of aliphatic hydroxyl groups excluding tert-OH is 1. The molecule has 4 rings (SSSR count). The number of hydrogen-bond acceptors (Lipinski definition) is 4. The van der Waals surface area contributed by atoms with Crippen molar-refractivity contribution < 1.29 is 19.4 Å². The maximum atomic E-state index is 13.1. The lowest BCUT2D eigenvalue weighted by molar-refractivity contribution is -0.139. The fourth-order valence-electron chi connectivity index (χ4n) is 3.93. The van der Waals surface area contributed by atoms with Gasteiger partial charge in [-0.3, -0.25) is 9.59 Å². The number of carbonyl (C=O) groups excluding carboxylic acids is 2. The maximum Gasteiger partial charge on any atom is 0.295 e. The van der Waals surface area contributed by atoms with Gasteiger partial charge in [0.15, 0.2) is 0 Å². The molecule has 0 spiro atoms. The van der Waals surface area contributed by atoms with Gasteiger partial charge in [-0.15, -0.1) is 0 Å². The maximum absolute atomic E-state index is 13.1. The minimum Gasteiger partial charge on any atom is -0.507 e. The Morgan fingerprint density at radius 2 is 1.62 bits per heavy atom. The summed E-state index contributed by atoms with van der Waals surface area (Å²) < 4.78 is 5.17. The van der Waals surface area contributed by atoms with Gasteiger partial charge >= 0.3 is 0 Å². The highest BCUT2D eigenvalue weighted by atomic mass is 35.5. The SMILES string of the molecule is COc1ccc(/C(O)=C2\C(=O)C(=O)N(CCc3ccccc3)C2c2ccccc2Cl)cc1. The van der Waals surface area contributed by atoms with Crippen LogP contribution in [0, 0.1) is 0 Å². The number of hydrogen-bond donors (Lipinski definition) is 1. The number of halogens is 1. The standard InChI is InChI=1S/C26H22ClNO4/c1-32-19-13-11-18(12-14-19)24(29)22-23(20-9-5-6-10-21(20)27)28(26(31)25(22)30)16-15-17-7-3-2-4-8-17/h2-14,23,29H,15-16H2,1H3/b24-22+. The van der Waals surface area contributed by atoms with E-state index >= 15 is 0 Å². The Kier molecular flexibility index (Phi) is 6.28. The van der Waals surface area contributed by atoms with E-state index in [9.17, 15) is 14.7 Å². The molecule has 0 saturated carbocycles. The van der Waals surface area contributed by atoms with E-state index in [0.29, 0.717) is 34.9 Å². The Hall–Kier alpha value is -3.57. The highest BCUT2D eigenvalue weighted by Gasteiger charge is 2.46. The molecule has 3 aromatic rings. The summed E-state index contributed by atoms with van der Waals surface area (Å²) in [6.45, 7) is 0.309. The van der Waals surface area contributed by atoms with E-state index in [4.69, 9.17) is 16.3 Å². The molecule has 1 fully saturated rings. The molecule has 0 aliphatic carbocycles. The Bertz CT molecular complexity index is 1170. The van der Waals surface area contributed by atoms with E-state index < -0.39 is 17.7 Å². The Balaban J connectivity index is 1.79. The predicted molar refractivity (Wildman–Crippen MR) is 124 cm³/mol. The number of carbonyl (C=O) groups is 2. The van der Waals surface area contributed by atoms with Gasteiger partial charge in [0.2, 0.25) is 0 Å². The zero-order valence-corrected chi connectivity index (χ0v) is 18.3. The fraction of sp³-hybridized carbons (Fsp3) is 0.154. The van der Waals surface area contributed by atoms with Crippen LogP contribution in [0.4, 0.5) is 0 Å². The third-order valence-corrected chi connectivity index (χ3v) is 5.93. The summed E-state index contributed by atoms with van der Waals surface area (Å²) in [4.78, 5) is 27.6. The normalized spacial score (nSPS) is 17.6. The molecular formula is C26H22ClNO4. The quantitative estimate of drug-likeness (QED) is 0.327. The number of likely N-dealkylation sites (tertiary alicyclic amines) is 1. The molecule has 3 aromatic carbocycles. The fourth-order valence-corrected chi connectivity index (χ4v) is 4.17. The van der Waals surface area contributed by atoms with E-state index in [1.54, 1.807) is 55.6 Å². The third kappa shape index (κ3) is 4.12. The van der Waals surface area contributed by atoms with E-state index in [1.807, 2.05) is 30.3 Å². The number of benzene rings is 3. The molecule has 1 atom stereocenters. The van der Waals surface area contributed by atoms with E-state index in [-0.39, 0.29) is 11.3 Å². The average molecular weight is 448 g/mol. The van der Waals surface area contributed by atoms with Crippen LogP contribution >= 0.6 is 11.6 Å². The first-order valence-corrected chi connectivity index (χ1v) is 10.6. The van der Waals surface area contributed by atoms with Gasteiger partial charge < -0.3 is 14.7 Å². The van der Waals surface area contributed by atoms with Crippen molar-refractivity contribution in [2.45, 2.75) is 12.5 Å². The number of rotatable bonds is 6. The van der Waals surface area contributed by atoms with Crippen LogP contribution in [0.25, 0.3) is 5.76 Å². The van der Waals surface area contributed by atoms with E-state index in [1.165, 1.54) is 4.90 Å². The summed E-state index contributed by atoms with van der Waals surface area (Å²) in [7, 11) is 1.55. The summed E-state index contributed by atoms with van der Waals surface area (Å²) in [6.07, 6.45) is 0.567. The first-order valence-electron chi connectivity index (χ1n) is 10.2. The van der Waals surface area contributed by atoms with Crippen LogP contribution in [0.3, 0.4) is 0 Å². The van der Waals surface area contributed by atoms with Crippen LogP contribution in [-0.4, -0.2) is 35.4 Å². The largest absolute Gasteiger partial charge is 0.507 e. The number of ketones is 1. The second-order valence-electron chi connectivity index (χ2n) is 7.48. The molecule has 5 nitrogen and oxygen atoms in total. The topological polar surface area (TPSA) is 66.8 Å². The van der Waals surface area contributed by atoms with Crippen LogP contribution in [-0.2, 0) is 16.0 Å². The molecule has 32 heavy (non-hydrogen) atoms. The van der Waals surface area contributed by atoms with Gasteiger partial charge in [-0.1, -0.05) is 60.1 Å². The van der Waals surface area contributed by atoms with Crippen LogP contribution in [0.2, 0.25) is 5.02 Å². The minimum absolute atomic E-state index is 0.0290. The number of Topliss-reactive ketones (excluding diaryl/α,β-unsaturated/α-hetero) is 1. The molecule has 1 N–H and O–H groups in total. The molecule has 6 heteroatoms. The molecule has 0 aromatic heterocycles. The van der Waals surface area contributed by atoms with Gasteiger partial charge in [0.25, 0.3) is 11.7 Å². The lowest BCUT2D eigenvalue weighted by Crippen LogP contribution is -2.31. The summed E-state index contributed by atoms with van der Waals surface area (Å²) in [5.74, 6) is -0.997. The van der Waals surface area contributed by atoms with Crippen LogP contribution < -0.4 is 4.74 Å². The molecule has 1 saturated heterocycles. The van der Waals surface area contributed by atoms with Crippen molar-refractivity contribution in [2.24, 2.45) is 0 Å². The monoisotopic (exact) mass is 447 g/mol. The molecule has 1 heterocycles.